The highest BCUT2D eigenvalue weighted by molar-refractivity contribution is 5.92. The molecule has 7 heteroatoms. The molecule has 0 aliphatic carbocycles. The second kappa shape index (κ2) is 4.67. The number of alkyl carbamates (subject to hydrolysis) is 1. The highest BCUT2D eigenvalue weighted by Gasteiger charge is 2.41. The Kier molecular flexibility index (Phi) is 3.71. The Labute approximate surface area is 93.6 Å². The van der Waals surface area contributed by atoms with Gasteiger partial charge in [-0.2, -0.15) is 0 Å². The first-order valence-electron chi connectivity index (χ1n) is 4.95. The zero-order chi connectivity index (χ0) is 12.3. The summed E-state index contributed by atoms with van der Waals surface area (Å²) in [6, 6.07) is -0.941. The third kappa shape index (κ3) is 3.35. The Morgan fingerprint density at radius 3 is 2.62 bits per heavy atom. The van der Waals surface area contributed by atoms with Gasteiger partial charge >= 0.3 is 6.09 Å². The fraction of sp³-hybridized carbons (Fsp3) is 0.778. The van der Waals surface area contributed by atoms with Gasteiger partial charge in [-0.15, -0.1) is 0 Å². The maximum absolute atomic E-state index is 11.4. The van der Waals surface area contributed by atoms with Crippen molar-refractivity contribution in [2.75, 3.05) is 6.61 Å². The maximum Gasteiger partial charge on any atom is 0.408 e. The molecule has 1 rings (SSSR count). The quantitative estimate of drug-likeness (QED) is 0.439. The number of rotatable bonds is 3. The second-order valence-corrected chi connectivity index (χ2v) is 4.57. The van der Waals surface area contributed by atoms with E-state index in [0.717, 1.165) is 0 Å². The lowest BCUT2D eigenvalue weighted by Gasteiger charge is -2.36. The molecule has 2 amide bonds. The van der Waals surface area contributed by atoms with E-state index in [0.29, 0.717) is 0 Å². The van der Waals surface area contributed by atoms with E-state index in [9.17, 15) is 9.59 Å². The van der Waals surface area contributed by atoms with Crippen LogP contribution in [0, 0.1) is 0 Å². The van der Waals surface area contributed by atoms with Gasteiger partial charge in [0.2, 0.25) is 5.91 Å². The van der Waals surface area contributed by atoms with E-state index in [1.54, 1.807) is 20.8 Å². The van der Waals surface area contributed by atoms with Gasteiger partial charge in [-0.25, -0.2) is 10.7 Å². The van der Waals surface area contributed by atoms with E-state index in [4.69, 9.17) is 10.6 Å². The predicted molar refractivity (Wildman–Crippen MR) is 55.2 cm³/mol. The van der Waals surface area contributed by atoms with Crippen molar-refractivity contribution in [1.29, 1.82) is 0 Å². The van der Waals surface area contributed by atoms with E-state index >= 15 is 0 Å². The van der Waals surface area contributed by atoms with Crippen LogP contribution >= 0.6 is 0 Å². The van der Waals surface area contributed by atoms with E-state index in [-0.39, 0.29) is 18.6 Å². The van der Waals surface area contributed by atoms with Gasteiger partial charge in [-0.1, -0.05) is 0 Å². The van der Waals surface area contributed by atoms with Crippen LogP contribution in [0.5, 0.6) is 0 Å². The highest BCUT2D eigenvalue weighted by Crippen LogP contribution is 2.10. The summed E-state index contributed by atoms with van der Waals surface area (Å²) in [6.07, 6.45) is -0.630. The summed E-state index contributed by atoms with van der Waals surface area (Å²) in [7, 11) is 0. The molecule has 0 radical (unpaired) electrons. The maximum atomic E-state index is 11.4. The van der Waals surface area contributed by atoms with Gasteiger partial charge in [0.05, 0.1) is 12.6 Å². The number of nitrogens with two attached hydrogens (primary N) is 1. The topological polar surface area (TPSA) is 103 Å². The summed E-state index contributed by atoms with van der Waals surface area (Å²) in [5, 5.41) is 5.00. The number of carbonyl (C=O) groups is 2. The van der Waals surface area contributed by atoms with Crippen LogP contribution in [0.4, 0.5) is 4.79 Å². The number of β-lactam (4-membered cyclic amide) rings is 1. The number of hydrogen-bond donors (Lipinski definition) is 3. The van der Waals surface area contributed by atoms with Crippen LogP contribution in [0.15, 0.2) is 0 Å². The van der Waals surface area contributed by atoms with Gasteiger partial charge in [-0.3, -0.25) is 4.79 Å². The van der Waals surface area contributed by atoms with Gasteiger partial charge in [0, 0.05) is 0 Å². The molecule has 92 valence electrons. The van der Waals surface area contributed by atoms with Gasteiger partial charge in [-0.05, 0) is 20.8 Å². The SMILES string of the molecule is CC(C)(C)OC(=O)N[C@H]1C(=O)N[C@H]1CON. The summed E-state index contributed by atoms with van der Waals surface area (Å²) in [5.74, 6) is 4.61. The van der Waals surface area contributed by atoms with Crippen molar-refractivity contribution in [3.63, 3.8) is 0 Å². The predicted octanol–water partition coefficient (Wildman–Crippen LogP) is -0.732. The Hall–Kier alpha value is -1.34. The van der Waals surface area contributed by atoms with Gasteiger partial charge in [0.15, 0.2) is 0 Å². The molecule has 0 aromatic rings. The van der Waals surface area contributed by atoms with Crippen LogP contribution in [-0.4, -0.2) is 36.3 Å². The van der Waals surface area contributed by atoms with Crippen molar-refractivity contribution in [2.24, 2.45) is 5.90 Å². The zero-order valence-corrected chi connectivity index (χ0v) is 9.57. The number of nitrogens with one attached hydrogen (secondary N) is 2. The lowest BCUT2D eigenvalue weighted by Crippen LogP contribution is -2.70. The van der Waals surface area contributed by atoms with Crippen LogP contribution in [0.2, 0.25) is 0 Å². The van der Waals surface area contributed by atoms with E-state index in [1.165, 1.54) is 0 Å². The lowest BCUT2D eigenvalue weighted by atomic mass is 10.0. The average molecular weight is 231 g/mol. The van der Waals surface area contributed by atoms with Crippen LogP contribution in [0.25, 0.3) is 0 Å². The molecule has 4 N–H and O–H groups in total. The van der Waals surface area contributed by atoms with E-state index in [1.807, 2.05) is 0 Å². The second-order valence-electron chi connectivity index (χ2n) is 4.57. The third-order valence-electron chi connectivity index (χ3n) is 1.96. The Morgan fingerprint density at radius 2 is 2.19 bits per heavy atom. The molecule has 7 nitrogen and oxygen atoms in total. The first kappa shape index (κ1) is 12.7. The standard InChI is InChI=1S/C9H17N3O4/c1-9(2,3)16-8(14)12-6-5(4-15-10)11-7(6)13/h5-6H,4,10H2,1-3H3,(H,11,13)(H,12,14)/t5-,6+/m0/s1. The van der Waals surface area contributed by atoms with Gasteiger partial charge in [0.1, 0.15) is 11.6 Å². The Bertz CT molecular complexity index is 287. The summed E-state index contributed by atoms with van der Waals surface area (Å²) in [6.45, 7) is 5.38. The summed E-state index contributed by atoms with van der Waals surface area (Å²) < 4.78 is 5.02. The molecular formula is C9H17N3O4. The molecule has 0 bridgehead atoms. The summed E-state index contributed by atoms with van der Waals surface area (Å²) in [5.41, 5.74) is -0.593. The molecule has 1 heterocycles. The minimum Gasteiger partial charge on any atom is -0.444 e. The normalized spacial score (nSPS) is 24.4. The van der Waals surface area contributed by atoms with E-state index in [2.05, 4.69) is 15.5 Å². The van der Waals surface area contributed by atoms with Gasteiger partial charge < -0.3 is 20.2 Å². The van der Waals surface area contributed by atoms with Crippen LogP contribution in [0.1, 0.15) is 20.8 Å². The first-order valence-corrected chi connectivity index (χ1v) is 4.95. The minimum atomic E-state index is -0.640. The van der Waals surface area contributed by atoms with Crippen molar-refractivity contribution in [2.45, 2.75) is 38.5 Å². The van der Waals surface area contributed by atoms with Gasteiger partial charge in [0.25, 0.3) is 0 Å². The Morgan fingerprint density at radius 1 is 1.56 bits per heavy atom. The van der Waals surface area contributed by atoms with Crippen molar-refractivity contribution >= 4 is 12.0 Å². The smallest absolute Gasteiger partial charge is 0.408 e. The number of carbonyl (C=O) groups excluding carboxylic acids is 2. The van der Waals surface area contributed by atoms with E-state index < -0.39 is 17.7 Å². The molecule has 0 saturated carbocycles. The molecule has 2 atom stereocenters. The minimum absolute atomic E-state index is 0.145. The number of ether oxygens (including phenoxy) is 1. The summed E-state index contributed by atoms with van der Waals surface area (Å²) in [4.78, 5) is 26.9. The van der Waals surface area contributed by atoms with Crippen molar-refractivity contribution < 1.29 is 19.2 Å². The highest BCUT2D eigenvalue weighted by atomic mass is 16.6. The van der Waals surface area contributed by atoms with Crippen molar-refractivity contribution in [3.05, 3.63) is 0 Å². The van der Waals surface area contributed by atoms with Crippen molar-refractivity contribution in [1.82, 2.24) is 10.6 Å². The number of hydrogen-bond acceptors (Lipinski definition) is 5. The average Bonchev–Trinajstić information content (AvgIpc) is 2.11. The fourth-order valence-electron chi connectivity index (χ4n) is 1.28. The molecule has 0 spiro atoms. The fourth-order valence-corrected chi connectivity index (χ4v) is 1.28. The molecule has 1 aliphatic rings. The molecule has 0 aromatic heterocycles. The molecule has 1 aliphatic heterocycles. The monoisotopic (exact) mass is 231 g/mol. The Balaban J connectivity index is 2.41. The largest absolute Gasteiger partial charge is 0.444 e. The lowest BCUT2D eigenvalue weighted by molar-refractivity contribution is -0.133. The molecular weight excluding hydrogens is 214 g/mol. The molecule has 1 saturated heterocycles. The molecule has 0 unspecified atom stereocenters. The van der Waals surface area contributed by atoms with Crippen LogP contribution in [0.3, 0.4) is 0 Å². The third-order valence-corrected chi connectivity index (χ3v) is 1.96. The first-order chi connectivity index (χ1) is 7.33. The zero-order valence-electron chi connectivity index (χ0n) is 9.57. The van der Waals surface area contributed by atoms with Crippen LogP contribution < -0.4 is 16.5 Å². The molecule has 0 aromatic carbocycles. The van der Waals surface area contributed by atoms with Crippen LogP contribution in [-0.2, 0) is 14.4 Å². The van der Waals surface area contributed by atoms with Crippen molar-refractivity contribution in [3.8, 4) is 0 Å². The number of amides is 2. The molecule has 16 heavy (non-hydrogen) atoms. The molecule has 1 fully saturated rings. The summed E-state index contributed by atoms with van der Waals surface area (Å²) >= 11 is 0.